The molecule has 1 saturated heterocycles. The van der Waals surface area contributed by atoms with Crippen LogP contribution < -0.4 is 14.4 Å². The van der Waals surface area contributed by atoms with Crippen molar-refractivity contribution in [1.29, 1.82) is 0 Å². The Bertz CT molecular complexity index is 1360. The summed E-state index contributed by atoms with van der Waals surface area (Å²) < 4.78 is 11.2. The SMILES string of the molecule is COc1ccc(C)cc1/C(O)=C1\C(=O)C(=O)N(c2ccc(Cl)cc2C)C1c1ccc(OC(C)C)cc1. The van der Waals surface area contributed by atoms with Crippen molar-refractivity contribution in [2.24, 2.45) is 0 Å². The Morgan fingerprint density at radius 3 is 2.31 bits per heavy atom. The number of methoxy groups -OCH3 is 1. The molecular formula is C29H28ClNO5. The maximum absolute atomic E-state index is 13.5. The minimum absolute atomic E-state index is 0.00742. The fourth-order valence-electron chi connectivity index (χ4n) is 4.44. The van der Waals surface area contributed by atoms with Gasteiger partial charge in [0.05, 0.1) is 30.4 Å². The van der Waals surface area contributed by atoms with Gasteiger partial charge in [0.25, 0.3) is 11.7 Å². The number of ketones is 1. The van der Waals surface area contributed by atoms with Crippen LogP contribution in [0.3, 0.4) is 0 Å². The average Bonchev–Trinajstić information content (AvgIpc) is 3.09. The maximum atomic E-state index is 13.5. The highest BCUT2D eigenvalue weighted by molar-refractivity contribution is 6.52. The first kappa shape index (κ1) is 25.3. The molecule has 1 aliphatic heterocycles. The molecule has 1 unspecified atom stereocenters. The number of carbonyl (C=O) groups excluding carboxylic acids is 2. The number of aliphatic hydroxyl groups excluding tert-OH is 1. The third-order valence-corrected chi connectivity index (χ3v) is 6.28. The number of hydrogen-bond donors (Lipinski definition) is 1. The van der Waals surface area contributed by atoms with E-state index >= 15 is 0 Å². The third kappa shape index (κ3) is 4.69. The molecule has 0 bridgehead atoms. The zero-order valence-electron chi connectivity index (χ0n) is 20.8. The molecule has 4 rings (SSSR count). The van der Waals surface area contributed by atoms with Gasteiger partial charge in [-0.1, -0.05) is 35.4 Å². The molecule has 1 heterocycles. The summed E-state index contributed by atoms with van der Waals surface area (Å²) >= 11 is 6.16. The number of aryl methyl sites for hydroxylation is 2. The highest BCUT2D eigenvalue weighted by atomic mass is 35.5. The molecule has 3 aromatic carbocycles. The van der Waals surface area contributed by atoms with Crippen LogP contribution >= 0.6 is 11.6 Å². The van der Waals surface area contributed by atoms with E-state index in [0.29, 0.717) is 33.3 Å². The summed E-state index contributed by atoms with van der Waals surface area (Å²) in [7, 11) is 1.49. The number of benzene rings is 3. The standard InChI is InChI=1S/C29H28ClNO5/c1-16(2)36-21-10-7-19(8-11-21)26-25(27(32)22-14-17(3)6-13-24(22)35-5)28(33)29(34)31(26)23-12-9-20(30)15-18(23)4/h6-16,26,32H,1-5H3/b27-25+. The normalized spacial score (nSPS) is 17.1. The number of amides is 1. The minimum atomic E-state index is -0.872. The van der Waals surface area contributed by atoms with Crippen molar-refractivity contribution in [2.45, 2.75) is 39.8 Å². The fourth-order valence-corrected chi connectivity index (χ4v) is 4.67. The zero-order valence-corrected chi connectivity index (χ0v) is 21.6. The molecular weight excluding hydrogens is 478 g/mol. The number of anilines is 1. The van der Waals surface area contributed by atoms with Gasteiger partial charge in [-0.15, -0.1) is 0 Å². The van der Waals surface area contributed by atoms with Crippen LogP contribution in [0, 0.1) is 13.8 Å². The van der Waals surface area contributed by atoms with Gasteiger partial charge in [0.1, 0.15) is 17.3 Å². The quantitative estimate of drug-likeness (QED) is 0.239. The number of Topliss-reactive ketones (excluding diaryl/α,β-unsaturated/α-hetero) is 1. The Morgan fingerprint density at radius 1 is 1.00 bits per heavy atom. The van der Waals surface area contributed by atoms with E-state index < -0.39 is 17.7 Å². The number of halogens is 1. The third-order valence-electron chi connectivity index (χ3n) is 6.04. The molecule has 36 heavy (non-hydrogen) atoms. The molecule has 3 aromatic rings. The van der Waals surface area contributed by atoms with Crippen LogP contribution in [0.2, 0.25) is 5.02 Å². The first-order valence-electron chi connectivity index (χ1n) is 11.6. The van der Waals surface area contributed by atoms with E-state index in [1.807, 2.05) is 33.8 Å². The predicted molar refractivity (Wildman–Crippen MR) is 141 cm³/mol. The highest BCUT2D eigenvalue weighted by Gasteiger charge is 2.47. The Morgan fingerprint density at radius 2 is 1.69 bits per heavy atom. The van der Waals surface area contributed by atoms with E-state index in [2.05, 4.69) is 0 Å². The second kappa shape index (κ2) is 10.1. The van der Waals surface area contributed by atoms with Gasteiger partial charge in [-0.3, -0.25) is 14.5 Å². The van der Waals surface area contributed by atoms with Crippen LogP contribution in [0.15, 0.2) is 66.2 Å². The van der Waals surface area contributed by atoms with E-state index in [0.717, 1.165) is 11.1 Å². The van der Waals surface area contributed by atoms with Gasteiger partial charge < -0.3 is 14.6 Å². The van der Waals surface area contributed by atoms with Gasteiger partial charge in [-0.2, -0.15) is 0 Å². The Labute approximate surface area is 215 Å². The van der Waals surface area contributed by atoms with Crippen molar-refractivity contribution >= 4 is 34.7 Å². The summed E-state index contributed by atoms with van der Waals surface area (Å²) in [6.45, 7) is 7.56. The van der Waals surface area contributed by atoms with Crippen molar-refractivity contribution in [3.8, 4) is 11.5 Å². The maximum Gasteiger partial charge on any atom is 0.300 e. The largest absolute Gasteiger partial charge is 0.507 e. The van der Waals surface area contributed by atoms with Gasteiger partial charge in [0.2, 0.25) is 0 Å². The average molecular weight is 506 g/mol. The van der Waals surface area contributed by atoms with Crippen molar-refractivity contribution in [3.63, 3.8) is 0 Å². The predicted octanol–water partition coefficient (Wildman–Crippen LogP) is 6.38. The Kier molecular flexibility index (Phi) is 7.09. The molecule has 1 aliphatic rings. The summed E-state index contributed by atoms with van der Waals surface area (Å²) in [5, 5.41) is 12.0. The monoisotopic (exact) mass is 505 g/mol. The van der Waals surface area contributed by atoms with Crippen molar-refractivity contribution in [3.05, 3.63) is 93.5 Å². The van der Waals surface area contributed by atoms with Crippen molar-refractivity contribution in [2.75, 3.05) is 12.0 Å². The lowest BCUT2D eigenvalue weighted by Crippen LogP contribution is -2.30. The topological polar surface area (TPSA) is 76.1 Å². The molecule has 7 heteroatoms. The van der Waals surface area contributed by atoms with E-state index in [9.17, 15) is 14.7 Å². The molecule has 186 valence electrons. The molecule has 0 radical (unpaired) electrons. The number of rotatable bonds is 6. The lowest BCUT2D eigenvalue weighted by atomic mass is 9.94. The van der Waals surface area contributed by atoms with Crippen molar-refractivity contribution < 1.29 is 24.2 Å². The lowest BCUT2D eigenvalue weighted by Gasteiger charge is -2.27. The van der Waals surface area contributed by atoms with Gasteiger partial charge in [0, 0.05) is 10.7 Å². The summed E-state index contributed by atoms with van der Waals surface area (Å²) in [5.74, 6) is -0.755. The van der Waals surface area contributed by atoms with E-state index in [4.69, 9.17) is 21.1 Å². The Hall–Kier alpha value is -3.77. The number of hydrogen-bond acceptors (Lipinski definition) is 5. The van der Waals surface area contributed by atoms with Gasteiger partial charge in [-0.05, 0) is 81.3 Å². The van der Waals surface area contributed by atoms with Crippen LogP contribution in [0.1, 0.15) is 42.1 Å². The first-order chi connectivity index (χ1) is 17.1. The minimum Gasteiger partial charge on any atom is -0.507 e. The molecule has 0 spiro atoms. The van der Waals surface area contributed by atoms with Crippen LogP contribution in [0.5, 0.6) is 11.5 Å². The number of carbonyl (C=O) groups is 2. The molecule has 6 nitrogen and oxygen atoms in total. The molecule has 0 aromatic heterocycles. The second-order valence-electron chi connectivity index (χ2n) is 9.04. The molecule has 1 fully saturated rings. The number of nitrogens with zero attached hydrogens (tertiary/aromatic N) is 1. The first-order valence-corrected chi connectivity index (χ1v) is 12.0. The van der Waals surface area contributed by atoms with Gasteiger partial charge in [0.15, 0.2) is 0 Å². The Balaban J connectivity index is 1.96. The second-order valence-corrected chi connectivity index (χ2v) is 9.48. The molecule has 0 aliphatic carbocycles. The van der Waals surface area contributed by atoms with Gasteiger partial charge >= 0.3 is 0 Å². The number of aliphatic hydroxyl groups is 1. The molecule has 1 atom stereocenters. The summed E-state index contributed by atoms with van der Waals surface area (Å²) in [6.07, 6.45) is -0.00742. The van der Waals surface area contributed by atoms with Crippen molar-refractivity contribution in [1.82, 2.24) is 0 Å². The summed E-state index contributed by atoms with van der Waals surface area (Å²) in [4.78, 5) is 28.3. The smallest absolute Gasteiger partial charge is 0.300 e. The van der Waals surface area contributed by atoms with Crippen LogP contribution in [-0.2, 0) is 9.59 Å². The summed E-state index contributed by atoms with van der Waals surface area (Å²) in [5.41, 5.74) is 3.09. The van der Waals surface area contributed by atoms with E-state index in [1.165, 1.54) is 12.0 Å². The van der Waals surface area contributed by atoms with Crippen LogP contribution in [0.25, 0.3) is 5.76 Å². The summed E-state index contributed by atoms with van der Waals surface area (Å²) in [6, 6.07) is 16.7. The van der Waals surface area contributed by atoms with E-state index in [-0.39, 0.29) is 17.4 Å². The molecule has 0 saturated carbocycles. The molecule has 1 N–H and O–H groups in total. The molecule has 1 amide bonds. The highest BCUT2D eigenvalue weighted by Crippen LogP contribution is 2.44. The number of ether oxygens (including phenoxy) is 2. The van der Waals surface area contributed by atoms with Crippen LogP contribution in [0.4, 0.5) is 5.69 Å². The fraction of sp³-hybridized carbons (Fsp3) is 0.241. The lowest BCUT2D eigenvalue weighted by molar-refractivity contribution is -0.132. The van der Waals surface area contributed by atoms with Gasteiger partial charge in [-0.25, -0.2) is 0 Å². The zero-order chi connectivity index (χ0) is 26.1. The van der Waals surface area contributed by atoms with E-state index in [1.54, 1.807) is 54.6 Å². The van der Waals surface area contributed by atoms with Crippen LogP contribution in [-0.4, -0.2) is 30.0 Å².